The number of para-hydroxylation sites is 1. The van der Waals surface area contributed by atoms with Crippen LogP contribution in [-0.2, 0) is 10.5 Å². The molecule has 6 nitrogen and oxygen atoms in total. The highest BCUT2D eigenvalue weighted by atomic mass is 32.2. The molecule has 0 saturated heterocycles. The number of nitrogens with one attached hydrogen (secondary N) is 1. The monoisotopic (exact) mass is 426 g/mol. The molecule has 9 heteroatoms. The van der Waals surface area contributed by atoms with Gasteiger partial charge in [-0.2, -0.15) is 0 Å². The van der Waals surface area contributed by atoms with Crippen molar-refractivity contribution in [2.45, 2.75) is 10.6 Å². The minimum absolute atomic E-state index is 0.0434. The highest BCUT2D eigenvalue weighted by molar-refractivity contribution is 7.98. The molecule has 3 rings (SSSR count). The van der Waals surface area contributed by atoms with Crippen molar-refractivity contribution in [2.24, 2.45) is 5.11 Å². The highest BCUT2D eigenvalue weighted by Crippen LogP contribution is 2.41. The lowest BCUT2D eigenvalue weighted by Gasteiger charge is -2.16. The Morgan fingerprint density at radius 1 is 1.17 bits per heavy atom. The van der Waals surface area contributed by atoms with Gasteiger partial charge < -0.3 is 10.1 Å². The van der Waals surface area contributed by atoms with Gasteiger partial charge in [-0.15, -0.1) is 11.8 Å². The topological polar surface area (TPSA) is 87.1 Å². The lowest BCUT2D eigenvalue weighted by atomic mass is 10.1. The first-order chi connectivity index (χ1) is 14.5. The summed E-state index contributed by atoms with van der Waals surface area (Å²) in [4.78, 5) is 15.3. The zero-order valence-electron chi connectivity index (χ0n) is 15.8. The van der Waals surface area contributed by atoms with Gasteiger partial charge in [0.1, 0.15) is 5.82 Å². The smallest absolute Gasteiger partial charge is 0.340 e. The number of carbonyl (C=O) groups excluding carboxylic acids is 1. The Balaban J connectivity index is 2.09. The van der Waals surface area contributed by atoms with Gasteiger partial charge in [0.25, 0.3) is 0 Å². The molecule has 0 atom stereocenters. The Morgan fingerprint density at radius 3 is 2.53 bits per heavy atom. The van der Waals surface area contributed by atoms with Crippen LogP contribution in [0, 0.1) is 11.6 Å². The van der Waals surface area contributed by atoms with E-state index in [0.717, 1.165) is 12.7 Å². The number of azide groups is 1. The second kappa shape index (κ2) is 9.78. The second-order valence-electron chi connectivity index (χ2n) is 6.02. The molecule has 0 spiro atoms. The molecule has 0 radical (unpaired) electrons. The lowest BCUT2D eigenvalue weighted by molar-refractivity contribution is 0.0601. The van der Waals surface area contributed by atoms with Crippen LogP contribution in [0.3, 0.4) is 0 Å². The third-order valence-electron chi connectivity index (χ3n) is 4.13. The largest absolute Gasteiger partial charge is 0.465 e. The Bertz CT molecular complexity index is 1120. The van der Waals surface area contributed by atoms with E-state index in [1.807, 2.05) is 30.3 Å². The number of esters is 1. The van der Waals surface area contributed by atoms with Crippen molar-refractivity contribution in [3.63, 3.8) is 0 Å². The van der Waals surface area contributed by atoms with E-state index < -0.39 is 17.6 Å². The average Bonchev–Trinajstić information content (AvgIpc) is 2.77. The molecule has 0 saturated carbocycles. The van der Waals surface area contributed by atoms with E-state index in [9.17, 15) is 9.18 Å². The number of nitrogens with zero attached hydrogens (tertiary/aromatic N) is 3. The molecular formula is C21H16F2N4O2S. The quantitative estimate of drug-likeness (QED) is 0.149. The highest BCUT2D eigenvalue weighted by Gasteiger charge is 2.23. The van der Waals surface area contributed by atoms with E-state index in [1.54, 1.807) is 6.07 Å². The van der Waals surface area contributed by atoms with E-state index in [4.69, 9.17) is 10.3 Å². The van der Waals surface area contributed by atoms with Crippen molar-refractivity contribution in [3.8, 4) is 0 Å². The summed E-state index contributed by atoms with van der Waals surface area (Å²) in [7, 11) is 1.16. The number of benzene rings is 3. The molecule has 0 aliphatic carbocycles. The third-order valence-corrected chi connectivity index (χ3v) is 5.23. The Kier molecular flexibility index (Phi) is 6.90. The van der Waals surface area contributed by atoms with E-state index in [2.05, 4.69) is 15.3 Å². The van der Waals surface area contributed by atoms with Gasteiger partial charge in [-0.1, -0.05) is 47.6 Å². The minimum Gasteiger partial charge on any atom is -0.465 e. The van der Waals surface area contributed by atoms with Gasteiger partial charge in [0.2, 0.25) is 0 Å². The zero-order valence-corrected chi connectivity index (χ0v) is 16.6. The van der Waals surface area contributed by atoms with Gasteiger partial charge in [-0.3, -0.25) is 0 Å². The first-order valence-electron chi connectivity index (χ1n) is 8.73. The summed E-state index contributed by atoms with van der Waals surface area (Å²) in [5.41, 5.74) is 9.06. The molecule has 3 aromatic rings. The van der Waals surface area contributed by atoms with Crippen LogP contribution in [0.5, 0.6) is 0 Å². The first kappa shape index (κ1) is 21.2. The number of ether oxygens (including phenoxy) is 1. The number of methoxy groups -OCH3 is 1. The van der Waals surface area contributed by atoms with Crippen LogP contribution in [0.25, 0.3) is 10.4 Å². The van der Waals surface area contributed by atoms with Crippen LogP contribution in [0.1, 0.15) is 15.9 Å². The summed E-state index contributed by atoms with van der Waals surface area (Å²) in [6.07, 6.45) is 0. The van der Waals surface area contributed by atoms with Gasteiger partial charge in [0.05, 0.1) is 29.7 Å². The predicted molar refractivity (Wildman–Crippen MR) is 112 cm³/mol. The molecule has 0 amide bonds. The molecule has 0 heterocycles. The summed E-state index contributed by atoms with van der Waals surface area (Å²) in [6.45, 7) is 0. The summed E-state index contributed by atoms with van der Waals surface area (Å²) in [6, 6.07) is 16.4. The molecule has 30 heavy (non-hydrogen) atoms. The van der Waals surface area contributed by atoms with Crippen molar-refractivity contribution >= 4 is 34.8 Å². The van der Waals surface area contributed by atoms with E-state index in [1.165, 1.54) is 36.0 Å². The Labute approximate surface area is 175 Å². The molecule has 152 valence electrons. The van der Waals surface area contributed by atoms with Crippen molar-refractivity contribution in [1.29, 1.82) is 0 Å². The second-order valence-corrected chi connectivity index (χ2v) is 7.04. The standard InChI is InChI=1S/C21H16F2N4O2S/c1-29-21(28)14-11-17(30-12-13-7-3-2-4-8-13)20(26-27-24)18(23)19(14)25-16-10-6-5-9-15(16)22/h2-11,25H,12H2,1H3. The SMILES string of the molecule is COC(=O)c1cc(SCc2ccccc2)c(N=[N+]=[N-])c(F)c1Nc1ccccc1F. The molecule has 3 aromatic carbocycles. The van der Waals surface area contributed by atoms with Crippen LogP contribution in [0.2, 0.25) is 0 Å². The summed E-state index contributed by atoms with van der Waals surface area (Å²) in [5, 5.41) is 6.05. The van der Waals surface area contributed by atoms with Gasteiger partial charge in [0.15, 0.2) is 5.82 Å². The van der Waals surface area contributed by atoms with Crippen molar-refractivity contribution in [1.82, 2.24) is 0 Å². The number of carbonyl (C=O) groups is 1. The molecule has 0 aliphatic heterocycles. The molecule has 0 unspecified atom stereocenters. The fourth-order valence-corrected chi connectivity index (χ4v) is 3.67. The number of hydrogen-bond donors (Lipinski definition) is 1. The average molecular weight is 426 g/mol. The Hall–Kier alpha value is -3.55. The maximum atomic E-state index is 15.3. The molecule has 0 aliphatic rings. The zero-order chi connectivity index (χ0) is 21.5. The summed E-state index contributed by atoms with van der Waals surface area (Å²) >= 11 is 1.20. The van der Waals surface area contributed by atoms with Crippen molar-refractivity contribution < 1.29 is 18.3 Å². The summed E-state index contributed by atoms with van der Waals surface area (Å²) < 4.78 is 34.2. The van der Waals surface area contributed by atoms with Crippen molar-refractivity contribution in [2.75, 3.05) is 12.4 Å². The minimum atomic E-state index is -0.977. The maximum Gasteiger partial charge on any atom is 0.340 e. The fourth-order valence-electron chi connectivity index (χ4n) is 2.69. The van der Waals surface area contributed by atoms with E-state index in [-0.39, 0.29) is 27.5 Å². The van der Waals surface area contributed by atoms with Crippen LogP contribution < -0.4 is 5.32 Å². The lowest BCUT2D eigenvalue weighted by Crippen LogP contribution is -2.09. The van der Waals surface area contributed by atoms with Gasteiger partial charge >= 0.3 is 5.97 Å². The molecule has 0 bridgehead atoms. The van der Waals surface area contributed by atoms with Gasteiger partial charge in [0, 0.05) is 15.6 Å². The van der Waals surface area contributed by atoms with Crippen LogP contribution >= 0.6 is 11.8 Å². The molecule has 1 N–H and O–H groups in total. The van der Waals surface area contributed by atoms with Crippen LogP contribution in [0.4, 0.5) is 25.8 Å². The number of hydrogen-bond acceptors (Lipinski definition) is 5. The normalized spacial score (nSPS) is 10.2. The van der Waals surface area contributed by atoms with Crippen molar-refractivity contribution in [3.05, 3.63) is 93.9 Å². The van der Waals surface area contributed by atoms with E-state index in [0.29, 0.717) is 5.75 Å². The number of rotatable bonds is 7. The molecule has 0 fully saturated rings. The van der Waals surface area contributed by atoms with Gasteiger partial charge in [-0.05, 0) is 29.3 Å². The number of halogens is 2. The number of anilines is 2. The molecule has 0 aromatic heterocycles. The fraction of sp³-hybridized carbons (Fsp3) is 0.0952. The first-order valence-corrected chi connectivity index (χ1v) is 9.72. The predicted octanol–water partition coefficient (Wildman–Crippen LogP) is 6.73. The van der Waals surface area contributed by atoms with E-state index >= 15 is 4.39 Å². The van der Waals surface area contributed by atoms with Gasteiger partial charge in [-0.25, -0.2) is 13.6 Å². The van der Waals surface area contributed by atoms with Crippen LogP contribution in [0.15, 0.2) is 70.7 Å². The summed E-state index contributed by atoms with van der Waals surface area (Å²) in [5.74, 6) is -1.98. The number of thioether (sulfide) groups is 1. The van der Waals surface area contributed by atoms with Crippen LogP contribution in [-0.4, -0.2) is 13.1 Å². The maximum absolute atomic E-state index is 15.3. The molecular weight excluding hydrogens is 410 g/mol. The third kappa shape index (κ3) is 4.71. The Morgan fingerprint density at radius 2 is 1.87 bits per heavy atom.